The maximum absolute atomic E-state index is 9.79. The standard InChI is InChI=1S/C13H18N4OS/c1-9-6-5-7-10(2)11(9)17-12(14-15-16-17)19-8-13(3,4)18/h5-7,18H,8H2,1-4H3. The van der Waals surface area contributed by atoms with Crippen molar-refractivity contribution < 1.29 is 5.11 Å². The first-order valence-electron chi connectivity index (χ1n) is 6.08. The van der Waals surface area contributed by atoms with Crippen LogP contribution in [-0.4, -0.2) is 36.7 Å². The molecule has 2 aromatic rings. The molecule has 19 heavy (non-hydrogen) atoms. The number of thioether (sulfide) groups is 1. The number of aliphatic hydroxyl groups is 1. The molecule has 0 bridgehead atoms. The van der Waals surface area contributed by atoms with E-state index in [4.69, 9.17) is 0 Å². The van der Waals surface area contributed by atoms with E-state index < -0.39 is 5.60 Å². The minimum atomic E-state index is -0.748. The maximum atomic E-state index is 9.79. The lowest BCUT2D eigenvalue weighted by atomic mass is 10.1. The van der Waals surface area contributed by atoms with Crippen molar-refractivity contribution in [3.63, 3.8) is 0 Å². The monoisotopic (exact) mass is 278 g/mol. The van der Waals surface area contributed by atoms with E-state index in [0.29, 0.717) is 10.9 Å². The Kier molecular flexibility index (Phi) is 3.91. The molecule has 0 radical (unpaired) electrons. The van der Waals surface area contributed by atoms with Gasteiger partial charge in [-0.25, -0.2) is 0 Å². The lowest BCUT2D eigenvalue weighted by Crippen LogP contribution is -2.22. The molecule has 0 unspecified atom stereocenters. The zero-order valence-electron chi connectivity index (χ0n) is 11.6. The summed E-state index contributed by atoms with van der Waals surface area (Å²) in [6, 6.07) is 6.09. The average molecular weight is 278 g/mol. The molecule has 0 aliphatic carbocycles. The smallest absolute Gasteiger partial charge is 0.214 e. The van der Waals surface area contributed by atoms with E-state index in [0.717, 1.165) is 16.8 Å². The normalized spacial score (nSPS) is 11.8. The van der Waals surface area contributed by atoms with E-state index in [9.17, 15) is 5.11 Å². The van der Waals surface area contributed by atoms with Gasteiger partial charge in [0.25, 0.3) is 0 Å². The van der Waals surface area contributed by atoms with Gasteiger partial charge in [-0.2, -0.15) is 4.68 Å². The van der Waals surface area contributed by atoms with Crippen molar-refractivity contribution in [1.82, 2.24) is 20.2 Å². The molecular formula is C13H18N4OS. The van der Waals surface area contributed by atoms with Crippen molar-refractivity contribution in [1.29, 1.82) is 0 Å². The number of aryl methyl sites for hydroxylation is 2. The summed E-state index contributed by atoms with van der Waals surface area (Å²) >= 11 is 1.45. The van der Waals surface area contributed by atoms with Crippen molar-refractivity contribution in [3.8, 4) is 5.69 Å². The fourth-order valence-corrected chi connectivity index (χ4v) is 2.62. The van der Waals surface area contributed by atoms with Gasteiger partial charge in [-0.15, -0.1) is 5.10 Å². The second-order valence-corrected chi connectivity index (χ2v) is 6.16. The predicted octanol–water partition coefficient (Wildman–Crippen LogP) is 2.14. The third-order valence-corrected chi connectivity index (χ3v) is 4.01. The third-order valence-electron chi connectivity index (χ3n) is 2.65. The summed E-state index contributed by atoms with van der Waals surface area (Å²) < 4.78 is 1.74. The Bertz CT molecular complexity index is 554. The van der Waals surface area contributed by atoms with Crippen molar-refractivity contribution >= 4 is 11.8 Å². The van der Waals surface area contributed by atoms with E-state index in [1.807, 2.05) is 32.0 Å². The van der Waals surface area contributed by atoms with Gasteiger partial charge >= 0.3 is 0 Å². The molecule has 0 aliphatic heterocycles. The van der Waals surface area contributed by atoms with Gasteiger partial charge in [0.05, 0.1) is 11.3 Å². The number of nitrogens with zero attached hydrogens (tertiary/aromatic N) is 4. The van der Waals surface area contributed by atoms with Crippen LogP contribution in [0, 0.1) is 13.8 Å². The summed E-state index contributed by atoms with van der Waals surface area (Å²) in [6.45, 7) is 7.61. The molecule has 0 atom stereocenters. The van der Waals surface area contributed by atoms with Crippen LogP contribution in [-0.2, 0) is 0 Å². The molecule has 5 nitrogen and oxygen atoms in total. The van der Waals surface area contributed by atoms with Gasteiger partial charge in [-0.3, -0.25) is 0 Å². The van der Waals surface area contributed by atoms with Gasteiger partial charge in [0.15, 0.2) is 0 Å². The number of hydrogen-bond acceptors (Lipinski definition) is 5. The highest BCUT2D eigenvalue weighted by Crippen LogP contribution is 2.25. The zero-order chi connectivity index (χ0) is 14.0. The van der Waals surface area contributed by atoms with Crippen LogP contribution in [0.25, 0.3) is 5.69 Å². The van der Waals surface area contributed by atoms with Crippen LogP contribution in [0.2, 0.25) is 0 Å². The van der Waals surface area contributed by atoms with E-state index in [1.54, 1.807) is 18.5 Å². The molecule has 0 fully saturated rings. The maximum Gasteiger partial charge on any atom is 0.214 e. The lowest BCUT2D eigenvalue weighted by Gasteiger charge is -2.16. The summed E-state index contributed by atoms with van der Waals surface area (Å²) in [5, 5.41) is 22.3. The van der Waals surface area contributed by atoms with E-state index >= 15 is 0 Å². The van der Waals surface area contributed by atoms with E-state index in [1.165, 1.54) is 11.8 Å². The van der Waals surface area contributed by atoms with Crippen molar-refractivity contribution in [2.24, 2.45) is 0 Å². The van der Waals surface area contributed by atoms with Gasteiger partial charge in [-0.1, -0.05) is 30.0 Å². The van der Waals surface area contributed by atoms with E-state index in [2.05, 4.69) is 15.5 Å². The van der Waals surface area contributed by atoms with Crippen molar-refractivity contribution in [3.05, 3.63) is 29.3 Å². The van der Waals surface area contributed by atoms with Crippen LogP contribution in [0.15, 0.2) is 23.4 Å². The highest BCUT2D eigenvalue weighted by Gasteiger charge is 2.18. The summed E-state index contributed by atoms with van der Waals surface area (Å²) in [7, 11) is 0. The fraction of sp³-hybridized carbons (Fsp3) is 0.462. The average Bonchev–Trinajstić information content (AvgIpc) is 2.73. The minimum absolute atomic E-state index is 0.540. The van der Waals surface area contributed by atoms with Crippen LogP contribution < -0.4 is 0 Å². The van der Waals surface area contributed by atoms with Crippen LogP contribution in [0.5, 0.6) is 0 Å². The second-order valence-electron chi connectivity index (χ2n) is 5.21. The van der Waals surface area contributed by atoms with Gasteiger partial charge in [0.2, 0.25) is 5.16 Å². The SMILES string of the molecule is Cc1cccc(C)c1-n1nnnc1SCC(C)(C)O. The molecular weight excluding hydrogens is 260 g/mol. The number of hydrogen-bond donors (Lipinski definition) is 1. The first-order valence-corrected chi connectivity index (χ1v) is 7.07. The Balaban J connectivity index is 2.34. The first kappa shape index (κ1) is 14.0. The number of aromatic nitrogens is 4. The number of benzene rings is 1. The third kappa shape index (κ3) is 3.33. The summed E-state index contributed by atoms with van der Waals surface area (Å²) in [5.74, 6) is 0.540. The topological polar surface area (TPSA) is 63.8 Å². The van der Waals surface area contributed by atoms with Crippen LogP contribution in [0.1, 0.15) is 25.0 Å². The Labute approximate surface area is 117 Å². The molecule has 2 rings (SSSR count). The zero-order valence-corrected chi connectivity index (χ0v) is 12.4. The van der Waals surface area contributed by atoms with Crippen molar-refractivity contribution in [2.75, 3.05) is 5.75 Å². The Hall–Kier alpha value is -1.40. The molecule has 1 N–H and O–H groups in total. The molecule has 0 amide bonds. The molecule has 1 aromatic heterocycles. The molecule has 1 aromatic carbocycles. The minimum Gasteiger partial charge on any atom is -0.390 e. The van der Waals surface area contributed by atoms with Gasteiger partial charge in [0, 0.05) is 5.75 Å². The van der Waals surface area contributed by atoms with E-state index in [-0.39, 0.29) is 0 Å². The number of rotatable bonds is 4. The Morgan fingerprint density at radius 1 is 1.26 bits per heavy atom. The first-order chi connectivity index (χ1) is 8.88. The summed E-state index contributed by atoms with van der Waals surface area (Å²) in [4.78, 5) is 0. The van der Waals surface area contributed by atoms with Crippen molar-refractivity contribution in [2.45, 2.75) is 38.5 Å². The fourth-order valence-electron chi connectivity index (χ4n) is 1.79. The molecule has 1 heterocycles. The largest absolute Gasteiger partial charge is 0.390 e. The predicted molar refractivity (Wildman–Crippen MR) is 75.6 cm³/mol. The van der Waals surface area contributed by atoms with Gasteiger partial charge < -0.3 is 5.11 Å². The van der Waals surface area contributed by atoms with Crippen LogP contribution >= 0.6 is 11.8 Å². The highest BCUT2D eigenvalue weighted by molar-refractivity contribution is 7.99. The Morgan fingerprint density at radius 2 is 1.89 bits per heavy atom. The Morgan fingerprint density at radius 3 is 2.47 bits per heavy atom. The number of tetrazole rings is 1. The van der Waals surface area contributed by atoms with Crippen LogP contribution in [0.3, 0.4) is 0 Å². The molecule has 0 saturated heterocycles. The quantitative estimate of drug-likeness (QED) is 0.868. The van der Waals surface area contributed by atoms with Gasteiger partial charge in [0.1, 0.15) is 0 Å². The molecule has 0 aliphatic rings. The molecule has 0 spiro atoms. The summed E-state index contributed by atoms with van der Waals surface area (Å²) in [6.07, 6.45) is 0. The molecule has 0 saturated carbocycles. The second kappa shape index (κ2) is 5.30. The summed E-state index contributed by atoms with van der Waals surface area (Å²) in [5.41, 5.74) is 2.50. The molecule has 102 valence electrons. The number of para-hydroxylation sites is 1. The highest BCUT2D eigenvalue weighted by atomic mass is 32.2. The molecule has 6 heteroatoms. The van der Waals surface area contributed by atoms with Crippen LogP contribution in [0.4, 0.5) is 0 Å². The van der Waals surface area contributed by atoms with Gasteiger partial charge in [-0.05, 0) is 49.2 Å². The lowest BCUT2D eigenvalue weighted by molar-refractivity contribution is 0.107.